The molecule has 0 aliphatic rings. The number of amidine groups is 1. The van der Waals surface area contributed by atoms with E-state index in [0.29, 0.717) is 13.0 Å². The highest BCUT2D eigenvalue weighted by Crippen LogP contribution is 2.10. The summed E-state index contributed by atoms with van der Waals surface area (Å²) >= 11 is 0. The molecule has 17 heavy (non-hydrogen) atoms. The molecule has 0 bridgehead atoms. The zero-order valence-electron chi connectivity index (χ0n) is 10.2. The molecular weight excluding hydrogens is 216 g/mol. The lowest BCUT2D eigenvalue weighted by Crippen LogP contribution is -2.30. The van der Waals surface area contributed by atoms with Gasteiger partial charge in [0.1, 0.15) is 0 Å². The molecule has 2 amide bonds. The molecule has 92 valence electrons. The average Bonchev–Trinajstić information content (AvgIpc) is 2.30. The number of hydrogen-bond acceptors (Lipinski definition) is 2. The Balaban J connectivity index is 2.62. The summed E-state index contributed by atoms with van der Waals surface area (Å²) < 4.78 is 0. The Kier molecular flexibility index (Phi) is 4.51. The first-order valence-corrected chi connectivity index (χ1v) is 5.47. The maximum absolute atomic E-state index is 11.6. The highest BCUT2D eigenvalue weighted by molar-refractivity contribution is 5.89. The molecule has 4 N–H and O–H groups in total. The zero-order valence-corrected chi connectivity index (χ0v) is 10.2. The molecular formula is C12H18N4O. The summed E-state index contributed by atoms with van der Waals surface area (Å²) in [6, 6.07) is 7.18. The van der Waals surface area contributed by atoms with E-state index in [1.165, 1.54) is 0 Å². The van der Waals surface area contributed by atoms with Crippen LogP contribution in [0.3, 0.4) is 0 Å². The Hall–Kier alpha value is -2.04. The van der Waals surface area contributed by atoms with Gasteiger partial charge in [0.2, 0.25) is 0 Å². The van der Waals surface area contributed by atoms with Crippen molar-refractivity contribution in [2.75, 3.05) is 18.9 Å². The number of benzene rings is 1. The SMILES string of the molecule is CCN(C)C(=O)Nc1ccc(CC(=N)N)cc1. The second kappa shape index (κ2) is 5.89. The number of anilines is 1. The van der Waals surface area contributed by atoms with E-state index in [1.807, 2.05) is 19.1 Å². The number of nitrogens with one attached hydrogen (secondary N) is 2. The van der Waals surface area contributed by atoms with E-state index in [-0.39, 0.29) is 11.9 Å². The molecule has 0 atom stereocenters. The van der Waals surface area contributed by atoms with Gasteiger partial charge in [0, 0.05) is 25.7 Å². The molecule has 1 aromatic rings. The van der Waals surface area contributed by atoms with Crippen molar-refractivity contribution in [2.45, 2.75) is 13.3 Å². The maximum Gasteiger partial charge on any atom is 0.321 e. The minimum Gasteiger partial charge on any atom is -0.387 e. The van der Waals surface area contributed by atoms with Gasteiger partial charge in [-0.05, 0) is 24.6 Å². The van der Waals surface area contributed by atoms with Crippen LogP contribution in [0.4, 0.5) is 10.5 Å². The normalized spacial score (nSPS) is 9.76. The topological polar surface area (TPSA) is 82.2 Å². The quantitative estimate of drug-likeness (QED) is 0.547. The van der Waals surface area contributed by atoms with E-state index < -0.39 is 0 Å². The molecule has 0 spiro atoms. The summed E-state index contributed by atoms with van der Waals surface area (Å²) in [6.07, 6.45) is 0.434. The second-order valence-electron chi connectivity index (χ2n) is 3.84. The third-order valence-electron chi connectivity index (χ3n) is 2.42. The lowest BCUT2D eigenvalue weighted by atomic mass is 10.1. The van der Waals surface area contributed by atoms with Crippen LogP contribution in [0.15, 0.2) is 24.3 Å². The molecule has 1 aromatic carbocycles. The molecule has 1 rings (SSSR count). The monoisotopic (exact) mass is 234 g/mol. The third kappa shape index (κ3) is 4.14. The maximum atomic E-state index is 11.6. The summed E-state index contributed by atoms with van der Waals surface area (Å²) in [6.45, 7) is 2.57. The summed E-state index contributed by atoms with van der Waals surface area (Å²) in [5, 5.41) is 9.96. The van der Waals surface area contributed by atoms with Crippen molar-refractivity contribution in [3.63, 3.8) is 0 Å². The Morgan fingerprint density at radius 3 is 2.47 bits per heavy atom. The number of rotatable bonds is 4. The molecule has 0 saturated carbocycles. The smallest absolute Gasteiger partial charge is 0.321 e. The van der Waals surface area contributed by atoms with Crippen LogP contribution in [0.25, 0.3) is 0 Å². The number of nitrogens with zero attached hydrogens (tertiary/aromatic N) is 1. The minimum atomic E-state index is -0.133. The van der Waals surface area contributed by atoms with E-state index in [1.54, 1.807) is 24.1 Å². The summed E-state index contributed by atoms with van der Waals surface area (Å²) in [7, 11) is 1.74. The molecule has 0 unspecified atom stereocenters. The van der Waals surface area contributed by atoms with Crippen molar-refractivity contribution in [3.05, 3.63) is 29.8 Å². The van der Waals surface area contributed by atoms with Crippen molar-refractivity contribution < 1.29 is 4.79 Å². The van der Waals surface area contributed by atoms with Crippen LogP contribution < -0.4 is 11.1 Å². The first kappa shape index (κ1) is 13.0. The number of amides is 2. The molecule has 5 nitrogen and oxygen atoms in total. The standard InChI is InChI=1S/C12H18N4O/c1-3-16(2)12(17)15-10-6-4-9(5-7-10)8-11(13)14/h4-7H,3,8H2,1-2H3,(H3,13,14)(H,15,17). The van der Waals surface area contributed by atoms with Gasteiger partial charge in [-0.1, -0.05) is 12.1 Å². The van der Waals surface area contributed by atoms with Crippen LogP contribution in [0.5, 0.6) is 0 Å². The summed E-state index contributed by atoms with van der Waals surface area (Å²) in [5.41, 5.74) is 7.00. The summed E-state index contributed by atoms with van der Waals surface area (Å²) in [5.74, 6) is 0.132. The van der Waals surface area contributed by atoms with Gasteiger partial charge < -0.3 is 16.0 Å². The van der Waals surface area contributed by atoms with Gasteiger partial charge in [-0.25, -0.2) is 4.79 Å². The van der Waals surface area contributed by atoms with Crippen LogP contribution >= 0.6 is 0 Å². The van der Waals surface area contributed by atoms with E-state index in [2.05, 4.69) is 5.32 Å². The Bertz CT molecular complexity index is 399. The van der Waals surface area contributed by atoms with E-state index in [0.717, 1.165) is 11.3 Å². The Morgan fingerprint density at radius 2 is 2.00 bits per heavy atom. The fourth-order valence-corrected chi connectivity index (χ4v) is 1.29. The minimum absolute atomic E-state index is 0.132. The van der Waals surface area contributed by atoms with Gasteiger partial charge in [-0.3, -0.25) is 5.41 Å². The van der Waals surface area contributed by atoms with Crippen molar-refractivity contribution in [1.29, 1.82) is 5.41 Å². The van der Waals surface area contributed by atoms with Crippen molar-refractivity contribution in [2.24, 2.45) is 5.73 Å². The van der Waals surface area contributed by atoms with Crippen LogP contribution in [0.2, 0.25) is 0 Å². The second-order valence-corrected chi connectivity index (χ2v) is 3.84. The van der Waals surface area contributed by atoms with Crippen molar-refractivity contribution >= 4 is 17.6 Å². The van der Waals surface area contributed by atoms with Gasteiger partial charge in [-0.15, -0.1) is 0 Å². The lowest BCUT2D eigenvalue weighted by Gasteiger charge is -2.15. The lowest BCUT2D eigenvalue weighted by molar-refractivity contribution is 0.224. The highest BCUT2D eigenvalue weighted by atomic mass is 16.2. The van der Waals surface area contributed by atoms with E-state index in [9.17, 15) is 4.79 Å². The first-order chi connectivity index (χ1) is 8.02. The molecule has 0 fully saturated rings. The number of nitrogens with two attached hydrogens (primary N) is 1. The molecule has 0 heterocycles. The van der Waals surface area contributed by atoms with Crippen molar-refractivity contribution in [3.8, 4) is 0 Å². The zero-order chi connectivity index (χ0) is 12.8. The van der Waals surface area contributed by atoms with Crippen LogP contribution in [0, 0.1) is 5.41 Å². The predicted molar refractivity (Wildman–Crippen MR) is 69.4 cm³/mol. The van der Waals surface area contributed by atoms with Gasteiger partial charge in [0.05, 0.1) is 5.84 Å². The number of carbonyl (C=O) groups excluding carboxylic acids is 1. The summed E-state index contributed by atoms with van der Waals surface area (Å²) in [4.78, 5) is 13.2. The number of hydrogen-bond donors (Lipinski definition) is 3. The molecule has 5 heteroatoms. The largest absolute Gasteiger partial charge is 0.387 e. The Labute approximate surface area is 101 Å². The van der Waals surface area contributed by atoms with Crippen LogP contribution in [0.1, 0.15) is 12.5 Å². The third-order valence-corrected chi connectivity index (χ3v) is 2.42. The van der Waals surface area contributed by atoms with Crippen molar-refractivity contribution in [1.82, 2.24) is 4.90 Å². The fraction of sp³-hybridized carbons (Fsp3) is 0.333. The first-order valence-electron chi connectivity index (χ1n) is 5.47. The molecule has 0 radical (unpaired) electrons. The predicted octanol–water partition coefficient (Wildman–Crippen LogP) is 1.65. The number of carbonyl (C=O) groups is 1. The van der Waals surface area contributed by atoms with Crippen LogP contribution in [-0.4, -0.2) is 30.4 Å². The Morgan fingerprint density at radius 1 is 1.41 bits per heavy atom. The molecule has 0 aromatic heterocycles. The van der Waals surface area contributed by atoms with Crippen LogP contribution in [-0.2, 0) is 6.42 Å². The van der Waals surface area contributed by atoms with Gasteiger partial charge in [0.25, 0.3) is 0 Å². The molecule has 0 aliphatic carbocycles. The van der Waals surface area contributed by atoms with Gasteiger partial charge in [-0.2, -0.15) is 0 Å². The van der Waals surface area contributed by atoms with E-state index >= 15 is 0 Å². The van der Waals surface area contributed by atoms with Gasteiger partial charge in [0.15, 0.2) is 0 Å². The fourth-order valence-electron chi connectivity index (χ4n) is 1.29. The highest BCUT2D eigenvalue weighted by Gasteiger charge is 2.05. The molecule has 0 aliphatic heterocycles. The van der Waals surface area contributed by atoms with E-state index in [4.69, 9.17) is 11.1 Å². The average molecular weight is 234 g/mol. The molecule has 0 saturated heterocycles. The number of urea groups is 1. The van der Waals surface area contributed by atoms with Gasteiger partial charge >= 0.3 is 6.03 Å².